The van der Waals surface area contributed by atoms with Gasteiger partial charge in [0.15, 0.2) is 0 Å². The van der Waals surface area contributed by atoms with Crippen molar-refractivity contribution in [1.29, 1.82) is 0 Å². The molecule has 180 valence electrons. The molecule has 1 aliphatic rings. The van der Waals surface area contributed by atoms with Crippen LogP contribution in [0.2, 0.25) is 0 Å². The maximum atomic E-state index is 14.3. The summed E-state index contributed by atoms with van der Waals surface area (Å²) in [6.07, 6.45) is 3.23. The summed E-state index contributed by atoms with van der Waals surface area (Å²) in [5.41, 5.74) is -2.14. The first-order valence-electron chi connectivity index (χ1n) is 10.9. The molecule has 11 heteroatoms. The molecule has 4 rings (SSSR count). The van der Waals surface area contributed by atoms with Crippen molar-refractivity contribution in [3.63, 3.8) is 0 Å². The fourth-order valence-electron chi connectivity index (χ4n) is 4.70. The van der Waals surface area contributed by atoms with Gasteiger partial charge < -0.3 is 9.90 Å². The lowest BCUT2D eigenvalue weighted by molar-refractivity contribution is -0.122. The summed E-state index contributed by atoms with van der Waals surface area (Å²) in [4.78, 5) is 31.1. The Kier molecular flexibility index (Phi) is 6.39. The highest BCUT2D eigenvalue weighted by molar-refractivity contribution is 6.07. The number of aldehydes is 1. The van der Waals surface area contributed by atoms with E-state index in [1.165, 1.54) is 25.3 Å². The summed E-state index contributed by atoms with van der Waals surface area (Å²) in [6.45, 7) is 1.45. The minimum absolute atomic E-state index is 0.0223. The first kappa shape index (κ1) is 23.8. The van der Waals surface area contributed by atoms with E-state index in [0.29, 0.717) is 36.6 Å². The van der Waals surface area contributed by atoms with Crippen LogP contribution >= 0.6 is 0 Å². The number of H-pyrrole nitrogens is 1. The number of benzene rings is 1. The van der Waals surface area contributed by atoms with Crippen LogP contribution in [0.25, 0.3) is 10.9 Å². The Morgan fingerprint density at radius 2 is 1.85 bits per heavy atom. The first-order valence-corrected chi connectivity index (χ1v) is 10.9. The molecule has 1 unspecified atom stereocenters. The zero-order valence-electron chi connectivity index (χ0n) is 18.4. The summed E-state index contributed by atoms with van der Waals surface area (Å²) >= 11 is 0. The molecule has 2 N–H and O–H groups in total. The number of amides is 1. The molecule has 1 fully saturated rings. The molecule has 8 nitrogen and oxygen atoms in total. The maximum Gasteiger partial charge on any atom is 0.491 e. The highest BCUT2D eigenvalue weighted by Gasteiger charge is 2.46. The monoisotopic (exact) mass is 475 g/mol. The molecule has 0 aliphatic heterocycles. The fraction of sp³-hybridized carbons (Fsp3) is 0.435. The van der Waals surface area contributed by atoms with Crippen molar-refractivity contribution >= 4 is 28.8 Å². The summed E-state index contributed by atoms with van der Waals surface area (Å²) in [5.74, 6) is -1.36. The lowest BCUT2D eigenvalue weighted by atomic mass is 9.75. The summed E-state index contributed by atoms with van der Waals surface area (Å²) in [7, 11) is 0. The number of aliphatic hydroxyl groups is 1. The van der Waals surface area contributed by atoms with Crippen molar-refractivity contribution in [2.45, 2.75) is 50.9 Å². The molecule has 0 saturated heterocycles. The SMILES string of the molecule is CC(O)(CC1CCC(C=O)CC1)c1cc2[nH]ncc2cc1N(C(=O)c1cncnc1)C(F)(F)F. The van der Waals surface area contributed by atoms with E-state index in [0.717, 1.165) is 25.0 Å². The van der Waals surface area contributed by atoms with Gasteiger partial charge in [0, 0.05) is 29.3 Å². The lowest BCUT2D eigenvalue weighted by Crippen LogP contribution is -2.45. The van der Waals surface area contributed by atoms with Crippen molar-refractivity contribution in [3.8, 4) is 0 Å². The molecule has 3 aromatic rings. The van der Waals surface area contributed by atoms with E-state index < -0.39 is 23.5 Å². The standard InChI is InChI=1S/C23H24F3N5O3/c1-22(34,8-14-2-4-15(12-32)5-3-14)18-7-19-16(11-29-30-19)6-20(18)31(23(24,25)26)21(33)17-9-27-13-28-10-17/h6-7,9-15,34H,2-5,8H2,1H3,(H,29,30). The largest absolute Gasteiger partial charge is 0.491 e. The molecule has 1 aromatic carbocycles. The van der Waals surface area contributed by atoms with E-state index >= 15 is 0 Å². The molecule has 1 atom stereocenters. The predicted octanol–water partition coefficient (Wildman–Crippen LogP) is 4.12. The van der Waals surface area contributed by atoms with Gasteiger partial charge in [-0.25, -0.2) is 14.9 Å². The van der Waals surface area contributed by atoms with E-state index in [9.17, 15) is 27.9 Å². The van der Waals surface area contributed by atoms with E-state index in [2.05, 4.69) is 20.2 Å². The number of aromatic amines is 1. The second-order valence-corrected chi connectivity index (χ2v) is 8.96. The number of halogens is 3. The van der Waals surface area contributed by atoms with Gasteiger partial charge in [-0.15, -0.1) is 13.2 Å². The van der Waals surface area contributed by atoms with Gasteiger partial charge in [-0.05, 0) is 57.1 Å². The molecule has 2 heterocycles. The molecule has 1 amide bonds. The quantitative estimate of drug-likeness (QED) is 0.410. The van der Waals surface area contributed by atoms with Crippen molar-refractivity contribution in [3.05, 3.63) is 48.2 Å². The third kappa shape index (κ3) is 4.79. The Morgan fingerprint density at radius 3 is 2.47 bits per heavy atom. The molecular weight excluding hydrogens is 451 g/mol. The Hall–Kier alpha value is -3.34. The van der Waals surface area contributed by atoms with Crippen molar-refractivity contribution in [2.75, 3.05) is 4.90 Å². The number of anilines is 1. The topological polar surface area (TPSA) is 112 Å². The Bertz CT molecular complexity index is 1170. The van der Waals surface area contributed by atoms with Crippen LogP contribution in [0, 0.1) is 11.8 Å². The lowest BCUT2D eigenvalue weighted by Gasteiger charge is -2.36. The van der Waals surface area contributed by atoms with E-state index in [4.69, 9.17) is 0 Å². The van der Waals surface area contributed by atoms with E-state index in [1.807, 2.05) is 0 Å². The van der Waals surface area contributed by atoms with Gasteiger partial charge in [0.1, 0.15) is 12.6 Å². The van der Waals surface area contributed by atoms with E-state index in [1.54, 1.807) is 0 Å². The molecule has 1 aliphatic carbocycles. The molecule has 0 spiro atoms. The van der Waals surface area contributed by atoms with Crippen LogP contribution < -0.4 is 4.90 Å². The molecular formula is C23H24F3N5O3. The van der Waals surface area contributed by atoms with Crippen LogP contribution in [-0.2, 0) is 10.4 Å². The van der Waals surface area contributed by atoms with E-state index in [-0.39, 0.29) is 34.3 Å². The summed E-state index contributed by atoms with van der Waals surface area (Å²) < 4.78 is 42.9. The highest BCUT2D eigenvalue weighted by Crippen LogP contribution is 2.43. The zero-order valence-corrected chi connectivity index (χ0v) is 18.4. The van der Waals surface area contributed by atoms with Gasteiger partial charge >= 0.3 is 6.30 Å². The van der Waals surface area contributed by atoms with Crippen molar-refractivity contribution < 1.29 is 27.9 Å². The number of carbonyl (C=O) groups excluding carboxylic acids is 2. The number of carbonyl (C=O) groups is 2. The number of nitrogens with one attached hydrogen (secondary N) is 1. The minimum atomic E-state index is -5.09. The molecule has 2 aromatic heterocycles. The first-order chi connectivity index (χ1) is 16.1. The maximum absolute atomic E-state index is 14.3. The Labute approximate surface area is 193 Å². The highest BCUT2D eigenvalue weighted by atomic mass is 19.4. The Morgan fingerprint density at radius 1 is 1.18 bits per heavy atom. The van der Waals surface area contributed by atoms with Crippen LogP contribution in [-0.4, -0.2) is 43.8 Å². The average molecular weight is 475 g/mol. The molecule has 1 saturated carbocycles. The number of fused-ring (bicyclic) bond motifs is 1. The van der Waals surface area contributed by atoms with Gasteiger partial charge in [-0.2, -0.15) is 5.10 Å². The van der Waals surface area contributed by atoms with Gasteiger partial charge in [-0.3, -0.25) is 9.89 Å². The number of alkyl halides is 3. The summed E-state index contributed by atoms with van der Waals surface area (Å²) in [5, 5.41) is 18.4. The molecule has 0 radical (unpaired) electrons. The number of hydrogen-bond acceptors (Lipinski definition) is 6. The number of aromatic nitrogens is 4. The average Bonchev–Trinajstić information content (AvgIpc) is 3.26. The smallest absolute Gasteiger partial charge is 0.385 e. The van der Waals surface area contributed by atoms with Crippen LogP contribution in [0.15, 0.2) is 37.1 Å². The van der Waals surface area contributed by atoms with Gasteiger partial charge in [0.25, 0.3) is 5.91 Å². The zero-order chi connectivity index (χ0) is 24.5. The Balaban J connectivity index is 1.78. The number of nitrogens with zero attached hydrogens (tertiary/aromatic N) is 4. The third-order valence-corrected chi connectivity index (χ3v) is 6.41. The van der Waals surface area contributed by atoms with Crippen LogP contribution in [0.3, 0.4) is 0 Å². The fourth-order valence-corrected chi connectivity index (χ4v) is 4.70. The number of hydrogen-bond donors (Lipinski definition) is 2. The third-order valence-electron chi connectivity index (χ3n) is 6.41. The van der Waals surface area contributed by atoms with Gasteiger partial charge in [0.05, 0.1) is 28.6 Å². The van der Waals surface area contributed by atoms with Crippen LogP contribution in [0.5, 0.6) is 0 Å². The normalized spacial score (nSPS) is 20.6. The number of rotatable bonds is 6. The van der Waals surface area contributed by atoms with Crippen molar-refractivity contribution in [1.82, 2.24) is 20.2 Å². The molecule has 0 bridgehead atoms. The minimum Gasteiger partial charge on any atom is -0.385 e. The molecule has 34 heavy (non-hydrogen) atoms. The van der Waals surface area contributed by atoms with Crippen LogP contribution in [0.1, 0.15) is 54.9 Å². The van der Waals surface area contributed by atoms with Crippen LogP contribution in [0.4, 0.5) is 18.9 Å². The summed E-state index contributed by atoms with van der Waals surface area (Å²) in [6, 6.07) is 2.60. The predicted molar refractivity (Wildman–Crippen MR) is 117 cm³/mol. The second kappa shape index (κ2) is 9.13. The second-order valence-electron chi connectivity index (χ2n) is 8.96. The van der Waals surface area contributed by atoms with Crippen molar-refractivity contribution in [2.24, 2.45) is 11.8 Å². The van der Waals surface area contributed by atoms with Gasteiger partial charge in [0.2, 0.25) is 0 Å². The van der Waals surface area contributed by atoms with Gasteiger partial charge in [-0.1, -0.05) is 0 Å².